The number of rotatable bonds is 3. The molecular weight excluding hydrogens is 418 g/mol. The second-order valence-electron chi connectivity index (χ2n) is 9.57. The first-order valence-electron chi connectivity index (χ1n) is 10.5. The Morgan fingerprint density at radius 2 is 1.86 bits per heavy atom. The monoisotopic (exact) mass is 451 g/mol. The van der Waals surface area contributed by atoms with E-state index in [9.17, 15) is 4.79 Å². The average molecular weight is 452 g/mol. The minimum Gasteiger partial charge on any atom is -0.444 e. The smallest absolute Gasteiger partial charge is 0.410 e. The molecule has 0 N–H and O–H groups in total. The van der Waals surface area contributed by atoms with E-state index in [-0.39, 0.29) is 11.6 Å². The minimum absolute atomic E-state index is 0.171. The van der Waals surface area contributed by atoms with E-state index < -0.39 is 5.60 Å². The first kappa shape index (κ1) is 21.6. The molecule has 1 aromatic rings. The molecule has 0 atom stereocenters. The van der Waals surface area contributed by atoms with E-state index in [0.29, 0.717) is 0 Å². The predicted molar refractivity (Wildman–Crippen MR) is 115 cm³/mol. The van der Waals surface area contributed by atoms with Gasteiger partial charge in [-0.05, 0) is 107 Å². The number of nitrogens with zero attached hydrogens (tertiary/aromatic N) is 3. The summed E-state index contributed by atoms with van der Waals surface area (Å²) in [4.78, 5) is 21.4. The molecule has 2 saturated heterocycles. The number of amides is 1. The summed E-state index contributed by atoms with van der Waals surface area (Å²) in [6.07, 6.45) is 7.28. The van der Waals surface area contributed by atoms with Gasteiger partial charge in [0.2, 0.25) is 0 Å². The van der Waals surface area contributed by atoms with Crippen molar-refractivity contribution in [2.45, 2.75) is 70.9 Å². The highest BCUT2D eigenvalue weighted by molar-refractivity contribution is 9.10. The van der Waals surface area contributed by atoms with Crippen molar-refractivity contribution in [1.29, 1.82) is 0 Å². The van der Waals surface area contributed by atoms with Crippen molar-refractivity contribution in [1.82, 2.24) is 14.8 Å². The Bertz CT molecular complexity index is 655. The van der Waals surface area contributed by atoms with E-state index in [4.69, 9.17) is 4.74 Å². The fourth-order valence-electron chi connectivity index (χ4n) is 4.31. The molecule has 2 aliphatic rings. The Hall–Kier alpha value is -1.14. The number of ether oxygens (including phenoxy) is 1. The lowest BCUT2D eigenvalue weighted by molar-refractivity contribution is -0.0106. The lowest BCUT2D eigenvalue weighted by atomic mass is 9.83. The Morgan fingerprint density at radius 3 is 2.39 bits per heavy atom. The summed E-state index contributed by atoms with van der Waals surface area (Å²) in [5.74, 6) is 0.718. The Morgan fingerprint density at radius 1 is 1.21 bits per heavy atom. The van der Waals surface area contributed by atoms with Crippen molar-refractivity contribution in [2.75, 3.05) is 26.2 Å². The third-order valence-electron chi connectivity index (χ3n) is 6.16. The van der Waals surface area contributed by atoms with E-state index in [0.717, 1.165) is 55.8 Å². The third kappa shape index (κ3) is 5.69. The zero-order valence-electron chi connectivity index (χ0n) is 17.7. The molecule has 0 radical (unpaired) electrons. The van der Waals surface area contributed by atoms with Crippen LogP contribution in [0, 0.1) is 5.92 Å². The molecule has 0 saturated carbocycles. The van der Waals surface area contributed by atoms with Crippen LogP contribution in [0.25, 0.3) is 0 Å². The molecule has 0 unspecified atom stereocenters. The van der Waals surface area contributed by atoms with Gasteiger partial charge in [-0.1, -0.05) is 0 Å². The molecule has 2 fully saturated rings. The number of halogens is 1. The summed E-state index contributed by atoms with van der Waals surface area (Å²) >= 11 is 3.45. The second-order valence-corrected chi connectivity index (χ2v) is 10.5. The van der Waals surface area contributed by atoms with Crippen LogP contribution in [-0.2, 0) is 11.2 Å². The number of piperidine rings is 2. The molecule has 0 aromatic carbocycles. The zero-order chi connectivity index (χ0) is 20.4. The van der Waals surface area contributed by atoms with Gasteiger partial charge in [-0.25, -0.2) is 4.79 Å². The number of aromatic nitrogens is 1. The highest BCUT2D eigenvalue weighted by atomic mass is 79.9. The first-order valence-corrected chi connectivity index (χ1v) is 11.3. The normalized spacial score (nSPS) is 21.5. The van der Waals surface area contributed by atoms with Gasteiger partial charge in [0.15, 0.2) is 0 Å². The van der Waals surface area contributed by atoms with Crippen LogP contribution >= 0.6 is 15.9 Å². The summed E-state index contributed by atoms with van der Waals surface area (Å²) in [7, 11) is 0. The highest BCUT2D eigenvalue weighted by Crippen LogP contribution is 2.33. The lowest BCUT2D eigenvalue weighted by Gasteiger charge is -2.49. The Labute approximate surface area is 178 Å². The number of pyridine rings is 1. The maximum atomic E-state index is 12.3. The summed E-state index contributed by atoms with van der Waals surface area (Å²) in [5.41, 5.74) is 0.960. The summed E-state index contributed by atoms with van der Waals surface area (Å²) in [5, 5.41) is 0. The molecule has 3 rings (SSSR count). The van der Waals surface area contributed by atoms with E-state index in [1.165, 1.54) is 18.5 Å². The van der Waals surface area contributed by atoms with Gasteiger partial charge in [-0.3, -0.25) is 9.88 Å². The standard InChI is InChI=1S/C22H34BrN3O2/c1-21(2,3)28-20(27)25-13-9-22(4,10-14-25)26-11-7-17(8-12-26)15-19-6-5-18(23)16-24-19/h5-6,16-17H,7-15H2,1-4H3. The van der Waals surface area contributed by atoms with E-state index in [1.54, 1.807) is 0 Å². The predicted octanol–water partition coefficient (Wildman–Crippen LogP) is 4.89. The van der Waals surface area contributed by atoms with Crippen LogP contribution < -0.4 is 0 Å². The molecule has 0 spiro atoms. The fraction of sp³-hybridized carbons (Fsp3) is 0.727. The number of hydrogen-bond acceptors (Lipinski definition) is 4. The zero-order valence-corrected chi connectivity index (χ0v) is 19.3. The summed E-state index contributed by atoms with van der Waals surface area (Å²) in [6, 6.07) is 4.21. The molecule has 2 aliphatic heterocycles. The molecular formula is C22H34BrN3O2. The lowest BCUT2D eigenvalue weighted by Crippen LogP contribution is -2.56. The number of carbonyl (C=O) groups is 1. The largest absolute Gasteiger partial charge is 0.444 e. The second kappa shape index (κ2) is 8.70. The third-order valence-corrected chi connectivity index (χ3v) is 6.63. The van der Waals surface area contributed by atoms with Crippen LogP contribution in [0.3, 0.4) is 0 Å². The SMILES string of the molecule is CC(C)(C)OC(=O)N1CCC(C)(N2CCC(Cc3ccc(Br)cn3)CC2)CC1. The van der Waals surface area contributed by atoms with Gasteiger partial charge in [-0.2, -0.15) is 0 Å². The van der Waals surface area contributed by atoms with Crippen LogP contribution in [-0.4, -0.2) is 58.2 Å². The maximum absolute atomic E-state index is 12.3. The Kier molecular flexibility index (Phi) is 6.70. The van der Waals surface area contributed by atoms with Crippen molar-refractivity contribution in [3.63, 3.8) is 0 Å². The van der Waals surface area contributed by atoms with Gasteiger partial charge in [0.05, 0.1) is 0 Å². The minimum atomic E-state index is -0.427. The maximum Gasteiger partial charge on any atom is 0.410 e. The summed E-state index contributed by atoms with van der Waals surface area (Å²) < 4.78 is 6.57. The van der Waals surface area contributed by atoms with Gasteiger partial charge in [-0.15, -0.1) is 0 Å². The van der Waals surface area contributed by atoms with Crippen LogP contribution in [0.2, 0.25) is 0 Å². The van der Waals surface area contributed by atoms with E-state index >= 15 is 0 Å². The molecule has 28 heavy (non-hydrogen) atoms. The van der Waals surface area contributed by atoms with Crippen molar-refractivity contribution >= 4 is 22.0 Å². The molecule has 0 bridgehead atoms. The van der Waals surface area contributed by atoms with E-state index in [1.807, 2.05) is 31.9 Å². The van der Waals surface area contributed by atoms with Crippen LogP contribution in [0.15, 0.2) is 22.8 Å². The number of likely N-dealkylation sites (tertiary alicyclic amines) is 2. The molecule has 3 heterocycles. The molecule has 5 nitrogen and oxygen atoms in total. The van der Waals surface area contributed by atoms with Crippen molar-refractivity contribution in [3.05, 3.63) is 28.5 Å². The molecule has 156 valence electrons. The summed E-state index contributed by atoms with van der Waals surface area (Å²) in [6.45, 7) is 12.0. The van der Waals surface area contributed by atoms with Crippen molar-refractivity contribution < 1.29 is 9.53 Å². The number of carbonyl (C=O) groups excluding carboxylic acids is 1. The Balaban J connectivity index is 1.46. The first-order chi connectivity index (χ1) is 13.1. The van der Waals surface area contributed by atoms with Gasteiger partial charge in [0, 0.05) is 35.0 Å². The van der Waals surface area contributed by atoms with Gasteiger partial charge < -0.3 is 9.64 Å². The quantitative estimate of drug-likeness (QED) is 0.655. The van der Waals surface area contributed by atoms with Crippen LogP contribution in [0.4, 0.5) is 4.79 Å². The molecule has 1 amide bonds. The molecule has 6 heteroatoms. The van der Waals surface area contributed by atoms with Crippen LogP contribution in [0.1, 0.15) is 59.1 Å². The fourth-order valence-corrected chi connectivity index (χ4v) is 4.55. The topological polar surface area (TPSA) is 45.7 Å². The van der Waals surface area contributed by atoms with E-state index in [2.05, 4.69) is 44.9 Å². The van der Waals surface area contributed by atoms with Gasteiger partial charge in [0.1, 0.15) is 5.60 Å². The van der Waals surface area contributed by atoms with Gasteiger partial charge in [0.25, 0.3) is 0 Å². The number of hydrogen-bond donors (Lipinski definition) is 0. The van der Waals surface area contributed by atoms with Gasteiger partial charge >= 0.3 is 6.09 Å². The van der Waals surface area contributed by atoms with Crippen molar-refractivity contribution in [3.8, 4) is 0 Å². The van der Waals surface area contributed by atoms with Crippen LogP contribution in [0.5, 0.6) is 0 Å². The van der Waals surface area contributed by atoms with Crippen molar-refractivity contribution in [2.24, 2.45) is 5.92 Å². The molecule has 1 aromatic heterocycles. The highest BCUT2D eigenvalue weighted by Gasteiger charge is 2.39. The average Bonchev–Trinajstić information content (AvgIpc) is 2.63. The molecule has 0 aliphatic carbocycles.